The molecular formula is C14H26N2O2. The lowest BCUT2D eigenvalue weighted by molar-refractivity contribution is -0.149. The van der Waals surface area contributed by atoms with Crippen molar-refractivity contribution in [3.05, 3.63) is 0 Å². The highest BCUT2D eigenvalue weighted by molar-refractivity contribution is 5.81. The monoisotopic (exact) mass is 254 g/mol. The zero-order valence-corrected chi connectivity index (χ0v) is 11.7. The molecule has 0 bridgehead atoms. The number of esters is 1. The summed E-state index contributed by atoms with van der Waals surface area (Å²) >= 11 is 0. The fraction of sp³-hybridized carbons (Fsp3) is 0.929. The zero-order valence-electron chi connectivity index (χ0n) is 11.7. The molecule has 2 fully saturated rings. The van der Waals surface area contributed by atoms with Gasteiger partial charge in [0.2, 0.25) is 0 Å². The van der Waals surface area contributed by atoms with Crippen LogP contribution in [0, 0.1) is 5.92 Å². The predicted octanol–water partition coefficient (Wildman–Crippen LogP) is 1.40. The van der Waals surface area contributed by atoms with Crippen LogP contribution in [0.5, 0.6) is 0 Å². The second-order valence-corrected chi connectivity index (χ2v) is 5.69. The third-order valence-corrected chi connectivity index (χ3v) is 4.61. The van der Waals surface area contributed by atoms with Gasteiger partial charge in [0.15, 0.2) is 0 Å². The number of carbonyl (C=O) groups excluding carboxylic acids is 1. The largest absolute Gasteiger partial charge is 0.468 e. The van der Waals surface area contributed by atoms with E-state index >= 15 is 0 Å². The molecule has 0 saturated carbocycles. The Kier molecular flexibility index (Phi) is 4.62. The summed E-state index contributed by atoms with van der Waals surface area (Å²) in [5.41, 5.74) is -0.381. The number of likely N-dealkylation sites (tertiary alicyclic amines) is 1. The van der Waals surface area contributed by atoms with Gasteiger partial charge in [-0.15, -0.1) is 0 Å². The summed E-state index contributed by atoms with van der Waals surface area (Å²) in [4.78, 5) is 14.5. The minimum absolute atomic E-state index is 0.0575. The fourth-order valence-electron chi connectivity index (χ4n) is 3.43. The van der Waals surface area contributed by atoms with Crippen LogP contribution in [0.1, 0.15) is 39.0 Å². The van der Waals surface area contributed by atoms with Crippen molar-refractivity contribution in [1.29, 1.82) is 0 Å². The van der Waals surface area contributed by atoms with Crippen LogP contribution in [0.4, 0.5) is 0 Å². The van der Waals surface area contributed by atoms with E-state index < -0.39 is 0 Å². The molecule has 0 aromatic rings. The van der Waals surface area contributed by atoms with E-state index in [1.165, 1.54) is 33.0 Å². The van der Waals surface area contributed by atoms with Crippen LogP contribution in [0.2, 0.25) is 0 Å². The van der Waals surface area contributed by atoms with Crippen LogP contribution in [0.3, 0.4) is 0 Å². The molecular weight excluding hydrogens is 228 g/mol. The van der Waals surface area contributed by atoms with E-state index in [0.717, 1.165) is 32.4 Å². The number of nitrogens with zero attached hydrogens (tertiary/aromatic N) is 1. The lowest BCUT2D eigenvalue weighted by Gasteiger charge is -2.36. The summed E-state index contributed by atoms with van der Waals surface area (Å²) in [6, 6.07) is 0. The molecule has 1 atom stereocenters. The molecule has 0 aromatic carbocycles. The molecule has 4 nitrogen and oxygen atoms in total. The Bertz CT molecular complexity index is 280. The summed E-state index contributed by atoms with van der Waals surface area (Å²) in [5, 5.41) is 3.41. The van der Waals surface area contributed by atoms with E-state index in [2.05, 4.69) is 17.1 Å². The number of hydrogen-bond donors (Lipinski definition) is 1. The van der Waals surface area contributed by atoms with Crippen molar-refractivity contribution in [2.75, 3.05) is 33.3 Å². The molecule has 0 aliphatic carbocycles. The standard InChI is InChI=1S/C14H26N2O2/c1-3-16-9-5-12(6-10-16)11-14(13(17)18-2)7-4-8-15-14/h12,15H,3-11H2,1-2H3. The molecule has 2 saturated heterocycles. The highest BCUT2D eigenvalue weighted by atomic mass is 16.5. The third-order valence-electron chi connectivity index (χ3n) is 4.61. The summed E-state index contributed by atoms with van der Waals surface area (Å²) in [6.45, 7) is 6.67. The smallest absolute Gasteiger partial charge is 0.326 e. The Labute approximate surface area is 110 Å². The molecule has 4 heteroatoms. The second kappa shape index (κ2) is 6.02. The first kappa shape index (κ1) is 13.8. The highest BCUT2D eigenvalue weighted by Gasteiger charge is 2.43. The topological polar surface area (TPSA) is 41.6 Å². The molecule has 0 spiro atoms. The van der Waals surface area contributed by atoms with Gasteiger partial charge in [0, 0.05) is 0 Å². The van der Waals surface area contributed by atoms with Gasteiger partial charge in [-0.05, 0) is 64.2 Å². The van der Waals surface area contributed by atoms with Gasteiger partial charge in [-0.25, -0.2) is 0 Å². The molecule has 1 unspecified atom stereocenters. The Morgan fingerprint density at radius 2 is 2.17 bits per heavy atom. The molecule has 2 aliphatic rings. The first-order valence-corrected chi connectivity index (χ1v) is 7.26. The van der Waals surface area contributed by atoms with Crippen molar-refractivity contribution in [2.45, 2.75) is 44.6 Å². The average Bonchev–Trinajstić information content (AvgIpc) is 2.88. The molecule has 0 radical (unpaired) electrons. The van der Waals surface area contributed by atoms with Gasteiger partial charge < -0.3 is 15.0 Å². The van der Waals surface area contributed by atoms with Crippen LogP contribution in [0.15, 0.2) is 0 Å². The molecule has 0 amide bonds. The Morgan fingerprint density at radius 1 is 1.44 bits per heavy atom. The lowest BCUT2D eigenvalue weighted by Crippen LogP contribution is -2.50. The van der Waals surface area contributed by atoms with Crippen LogP contribution < -0.4 is 5.32 Å². The maximum atomic E-state index is 12.0. The van der Waals surface area contributed by atoms with Gasteiger partial charge in [0.1, 0.15) is 5.54 Å². The molecule has 2 heterocycles. The molecule has 104 valence electrons. The Morgan fingerprint density at radius 3 is 2.67 bits per heavy atom. The number of carbonyl (C=O) groups is 1. The van der Waals surface area contributed by atoms with Gasteiger partial charge in [-0.1, -0.05) is 6.92 Å². The third kappa shape index (κ3) is 2.86. The van der Waals surface area contributed by atoms with E-state index in [1.807, 2.05) is 0 Å². The van der Waals surface area contributed by atoms with E-state index in [4.69, 9.17) is 4.74 Å². The molecule has 2 rings (SSSR count). The van der Waals surface area contributed by atoms with E-state index in [1.54, 1.807) is 0 Å². The number of hydrogen-bond acceptors (Lipinski definition) is 4. The summed E-state index contributed by atoms with van der Waals surface area (Å²) in [5.74, 6) is 0.607. The minimum Gasteiger partial charge on any atom is -0.468 e. The average molecular weight is 254 g/mol. The first-order valence-electron chi connectivity index (χ1n) is 7.26. The predicted molar refractivity (Wildman–Crippen MR) is 71.4 cm³/mol. The van der Waals surface area contributed by atoms with Gasteiger partial charge in [0.25, 0.3) is 0 Å². The Balaban J connectivity index is 1.92. The van der Waals surface area contributed by atoms with E-state index in [0.29, 0.717) is 5.92 Å². The first-order chi connectivity index (χ1) is 8.70. The van der Waals surface area contributed by atoms with Gasteiger partial charge in [-0.3, -0.25) is 4.79 Å². The van der Waals surface area contributed by atoms with Crippen molar-refractivity contribution in [2.24, 2.45) is 5.92 Å². The highest BCUT2D eigenvalue weighted by Crippen LogP contribution is 2.32. The molecule has 18 heavy (non-hydrogen) atoms. The van der Waals surface area contributed by atoms with E-state index in [-0.39, 0.29) is 11.5 Å². The van der Waals surface area contributed by atoms with Crippen molar-refractivity contribution in [1.82, 2.24) is 10.2 Å². The number of ether oxygens (including phenoxy) is 1. The molecule has 1 N–H and O–H groups in total. The van der Waals surface area contributed by atoms with Gasteiger partial charge >= 0.3 is 5.97 Å². The SMILES string of the molecule is CCN1CCC(CC2(C(=O)OC)CCCN2)CC1. The summed E-state index contributed by atoms with van der Waals surface area (Å²) < 4.78 is 5.01. The number of methoxy groups -OCH3 is 1. The Hall–Kier alpha value is -0.610. The zero-order chi connectivity index (χ0) is 13.0. The molecule has 2 aliphatic heterocycles. The lowest BCUT2D eigenvalue weighted by atomic mass is 9.81. The van der Waals surface area contributed by atoms with Gasteiger partial charge in [-0.2, -0.15) is 0 Å². The van der Waals surface area contributed by atoms with Crippen LogP contribution in [-0.4, -0.2) is 49.7 Å². The van der Waals surface area contributed by atoms with Crippen molar-refractivity contribution < 1.29 is 9.53 Å². The van der Waals surface area contributed by atoms with Crippen molar-refractivity contribution in [3.8, 4) is 0 Å². The summed E-state index contributed by atoms with van der Waals surface area (Å²) in [6.07, 6.45) is 5.41. The number of nitrogens with one attached hydrogen (secondary N) is 1. The number of rotatable bonds is 4. The summed E-state index contributed by atoms with van der Waals surface area (Å²) in [7, 11) is 1.50. The maximum absolute atomic E-state index is 12.0. The molecule has 0 aromatic heterocycles. The maximum Gasteiger partial charge on any atom is 0.326 e. The van der Waals surface area contributed by atoms with Crippen molar-refractivity contribution >= 4 is 5.97 Å². The minimum atomic E-state index is -0.381. The normalized spacial score (nSPS) is 30.6. The second-order valence-electron chi connectivity index (χ2n) is 5.69. The van der Waals surface area contributed by atoms with E-state index in [9.17, 15) is 4.79 Å². The van der Waals surface area contributed by atoms with Crippen LogP contribution in [0.25, 0.3) is 0 Å². The van der Waals surface area contributed by atoms with Gasteiger partial charge in [0.05, 0.1) is 7.11 Å². The number of piperidine rings is 1. The fourth-order valence-corrected chi connectivity index (χ4v) is 3.43. The van der Waals surface area contributed by atoms with Crippen LogP contribution in [-0.2, 0) is 9.53 Å². The van der Waals surface area contributed by atoms with Crippen molar-refractivity contribution in [3.63, 3.8) is 0 Å². The van der Waals surface area contributed by atoms with Crippen LogP contribution >= 0.6 is 0 Å². The quantitative estimate of drug-likeness (QED) is 0.770.